The third kappa shape index (κ3) is 4.55. The number of ether oxygens (including phenoxy) is 2. The topological polar surface area (TPSA) is 67.9 Å². The fourth-order valence-corrected chi connectivity index (χ4v) is 4.37. The molecular weight excluding hydrogens is 416 g/mol. The second-order valence-corrected chi connectivity index (χ2v) is 8.36. The molecule has 0 spiro atoms. The molecule has 0 aromatic heterocycles. The Kier molecular flexibility index (Phi) is 6.36. The maximum absolute atomic E-state index is 13.8. The fraction of sp³-hybridized carbons (Fsp3) is 0.259. The highest BCUT2D eigenvalue weighted by Gasteiger charge is 2.51. The minimum absolute atomic E-state index is 0.155. The Labute approximate surface area is 194 Å². The summed E-state index contributed by atoms with van der Waals surface area (Å²) in [5.41, 5.74) is 2.67. The van der Waals surface area contributed by atoms with Gasteiger partial charge in [-0.3, -0.25) is 9.69 Å². The molecule has 0 unspecified atom stereocenters. The van der Waals surface area contributed by atoms with Gasteiger partial charge in [-0.2, -0.15) is 0 Å². The molecule has 1 N–H and O–H groups in total. The van der Waals surface area contributed by atoms with Gasteiger partial charge in [0, 0.05) is 12.8 Å². The summed E-state index contributed by atoms with van der Waals surface area (Å²) in [6, 6.07) is 22.9. The van der Waals surface area contributed by atoms with Gasteiger partial charge in [0.15, 0.2) is 11.5 Å². The Morgan fingerprint density at radius 2 is 1.33 bits per heavy atom. The van der Waals surface area contributed by atoms with Crippen molar-refractivity contribution < 1.29 is 19.1 Å². The maximum Gasteiger partial charge on any atom is 0.325 e. The molecule has 3 aromatic rings. The van der Waals surface area contributed by atoms with Crippen molar-refractivity contribution in [2.45, 2.75) is 31.8 Å². The van der Waals surface area contributed by atoms with E-state index >= 15 is 0 Å². The van der Waals surface area contributed by atoms with Crippen LogP contribution in [0.5, 0.6) is 11.5 Å². The number of nitrogens with zero attached hydrogens (tertiary/aromatic N) is 1. The number of methoxy groups -OCH3 is 2. The largest absolute Gasteiger partial charge is 0.493 e. The summed E-state index contributed by atoms with van der Waals surface area (Å²) < 4.78 is 10.8. The Balaban J connectivity index is 1.68. The minimum atomic E-state index is -1.05. The van der Waals surface area contributed by atoms with Crippen LogP contribution in [-0.2, 0) is 24.2 Å². The molecule has 3 aromatic carbocycles. The first kappa shape index (κ1) is 22.4. The summed E-state index contributed by atoms with van der Waals surface area (Å²) in [4.78, 5) is 28.2. The first-order valence-electron chi connectivity index (χ1n) is 10.9. The van der Waals surface area contributed by atoms with Gasteiger partial charge in [-0.15, -0.1) is 0 Å². The number of aryl methyl sites for hydroxylation is 1. The van der Waals surface area contributed by atoms with Crippen molar-refractivity contribution in [3.05, 3.63) is 95.1 Å². The van der Waals surface area contributed by atoms with Crippen LogP contribution in [0, 0.1) is 6.92 Å². The predicted molar refractivity (Wildman–Crippen MR) is 126 cm³/mol. The Bertz CT molecular complexity index is 1100. The van der Waals surface area contributed by atoms with Gasteiger partial charge in [0.05, 0.1) is 20.8 Å². The SMILES string of the molecule is COc1cc(C)c(CN2C(=O)NC(Cc3ccccc3)(Cc3ccccc3)C2=O)cc1OC. The van der Waals surface area contributed by atoms with E-state index in [0.717, 1.165) is 22.3 Å². The molecule has 6 nitrogen and oxygen atoms in total. The lowest BCUT2D eigenvalue weighted by Crippen LogP contribution is -2.51. The highest BCUT2D eigenvalue weighted by atomic mass is 16.5. The van der Waals surface area contributed by atoms with Crippen LogP contribution < -0.4 is 14.8 Å². The second kappa shape index (κ2) is 9.36. The van der Waals surface area contributed by atoms with Gasteiger partial charge in [-0.1, -0.05) is 60.7 Å². The van der Waals surface area contributed by atoms with Crippen molar-refractivity contribution in [1.29, 1.82) is 0 Å². The fourth-order valence-electron chi connectivity index (χ4n) is 4.37. The van der Waals surface area contributed by atoms with Crippen LogP contribution in [0.4, 0.5) is 4.79 Å². The number of hydrogen-bond acceptors (Lipinski definition) is 4. The van der Waals surface area contributed by atoms with Gasteiger partial charge in [0.1, 0.15) is 5.54 Å². The highest BCUT2D eigenvalue weighted by molar-refractivity contribution is 6.07. The van der Waals surface area contributed by atoms with Crippen LogP contribution in [-0.4, -0.2) is 36.6 Å². The molecule has 0 bridgehead atoms. The van der Waals surface area contributed by atoms with Crippen LogP contribution in [0.1, 0.15) is 22.3 Å². The normalized spacial score (nSPS) is 14.8. The molecule has 4 rings (SSSR count). The maximum atomic E-state index is 13.8. The van der Waals surface area contributed by atoms with E-state index in [1.165, 1.54) is 4.90 Å². The van der Waals surface area contributed by atoms with Gasteiger partial charge < -0.3 is 14.8 Å². The lowest BCUT2D eigenvalue weighted by Gasteiger charge is -2.27. The zero-order valence-corrected chi connectivity index (χ0v) is 19.1. The Morgan fingerprint density at radius 1 is 0.818 bits per heavy atom. The van der Waals surface area contributed by atoms with Crippen molar-refractivity contribution >= 4 is 11.9 Å². The number of benzene rings is 3. The van der Waals surface area contributed by atoms with Crippen molar-refractivity contribution in [2.24, 2.45) is 0 Å². The second-order valence-electron chi connectivity index (χ2n) is 8.36. The summed E-state index contributed by atoms with van der Waals surface area (Å²) in [5, 5.41) is 3.04. The van der Waals surface area contributed by atoms with E-state index in [9.17, 15) is 9.59 Å². The number of carbonyl (C=O) groups excluding carboxylic acids is 2. The lowest BCUT2D eigenvalue weighted by atomic mass is 9.84. The van der Waals surface area contributed by atoms with E-state index in [-0.39, 0.29) is 18.5 Å². The monoisotopic (exact) mass is 444 g/mol. The zero-order chi connectivity index (χ0) is 23.4. The molecule has 0 saturated carbocycles. The van der Waals surface area contributed by atoms with Crippen LogP contribution in [0.25, 0.3) is 0 Å². The van der Waals surface area contributed by atoms with Crippen molar-refractivity contribution in [2.75, 3.05) is 14.2 Å². The van der Waals surface area contributed by atoms with E-state index in [1.807, 2.05) is 79.7 Å². The Hall–Kier alpha value is -3.80. The minimum Gasteiger partial charge on any atom is -0.493 e. The first-order valence-corrected chi connectivity index (χ1v) is 10.9. The van der Waals surface area contributed by atoms with Crippen LogP contribution in [0.2, 0.25) is 0 Å². The molecule has 0 aliphatic carbocycles. The Morgan fingerprint density at radius 3 is 1.85 bits per heavy atom. The van der Waals surface area contributed by atoms with Crippen LogP contribution in [0.15, 0.2) is 72.8 Å². The third-order valence-electron chi connectivity index (χ3n) is 6.11. The number of rotatable bonds is 8. The number of hydrogen-bond donors (Lipinski definition) is 1. The standard InChI is InChI=1S/C27H28N2O4/c1-19-14-23(32-2)24(33-3)15-22(19)18-29-25(30)27(28-26(29)31,16-20-10-6-4-7-11-20)17-21-12-8-5-9-13-21/h4-15H,16-18H2,1-3H3,(H,28,31). The smallest absolute Gasteiger partial charge is 0.325 e. The van der Waals surface area contributed by atoms with Crippen molar-refractivity contribution in [3.63, 3.8) is 0 Å². The molecule has 0 atom stereocenters. The van der Waals surface area contributed by atoms with Crippen LogP contribution in [0.3, 0.4) is 0 Å². The summed E-state index contributed by atoms with van der Waals surface area (Å²) in [7, 11) is 3.14. The predicted octanol–water partition coefficient (Wildman–Crippen LogP) is 4.29. The number of amides is 3. The van der Waals surface area contributed by atoms with E-state index in [1.54, 1.807) is 14.2 Å². The number of imide groups is 1. The molecule has 6 heteroatoms. The van der Waals surface area contributed by atoms with E-state index in [4.69, 9.17) is 9.47 Å². The first-order chi connectivity index (χ1) is 16.0. The van der Waals surface area contributed by atoms with E-state index in [0.29, 0.717) is 24.3 Å². The van der Waals surface area contributed by atoms with Gasteiger partial charge in [-0.05, 0) is 41.3 Å². The summed E-state index contributed by atoms with van der Waals surface area (Å²) in [6.45, 7) is 2.08. The van der Waals surface area contributed by atoms with Gasteiger partial charge in [0.25, 0.3) is 5.91 Å². The summed E-state index contributed by atoms with van der Waals surface area (Å²) in [6.07, 6.45) is 0.823. The number of urea groups is 1. The van der Waals surface area contributed by atoms with E-state index in [2.05, 4.69) is 5.32 Å². The average Bonchev–Trinajstić information content (AvgIpc) is 3.05. The van der Waals surface area contributed by atoms with Gasteiger partial charge >= 0.3 is 6.03 Å². The molecule has 1 heterocycles. The molecule has 3 amide bonds. The molecule has 1 aliphatic heterocycles. The van der Waals surface area contributed by atoms with Gasteiger partial charge in [-0.25, -0.2) is 4.79 Å². The van der Waals surface area contributed by atoms with Crippen LogP contribution >= 0.6 is 0 Å². The van der Waals surface area contributed by atoms with Crippen molar-refractivity contribution in [3.8, 4) is 11.5 Å². The molecule has 0 radical (unpaired) electrons. The molecule has 170 valence electrons. The number of carbonyl (C=O) groups is 2. The molecule has 1 aliphatic rings. The van der Waals surface area contributed by atoms with Gasteiger partial charge in [0.2, 0.25) is 0 Å². The zero-order valence-electron chi connectivity index (χ0n) is 19.1. The average molecular weight is 445 g/mol. The molecule has 1 saturated heterocycles. The lowest BCUT2D eigenvalue weighted by molar-refractivity contribution is -0.131. The summed E-state index contributed by atoms with van der Waals surface area (Å²) >= 11 is 0. The molecule has 1 fully saturated rings. The third-order valence-corrected chi connectivity index (χ3v) is 6.11. The highest BCUT2D eigenvalue weighted by Crippen LogP contribution is 2.33. The van der Waals surface area contributed by atoms with E-state index < -0.39 is 5.54 Å². The molecule has 33 heavy (non-hydrogen) atoms. The van der Waals surface area contributed by atoms with Crippen molar-refractivity contribution in [1.82, 2.24) is 10.2 Å². The summed E-state index contributed by atoms with van der Waals surface area (Å²) in [5.74, 6) is 0.942. The quantitative estimate of drug-likeness (QED) is 0.527. The molecular formula is C27H28N2O4. The number of nitrogens with one attached hydrogen (secondary N) is 1.